The molecule has 0 radical (unpaired) electrons. The molecule has 0 fully saturated rings. The molecule has 0 aromatic carbocycles. The molecule has 0 saturated carbocycles. The minimum Gasteiger partial charge on any atom is -0.478 e. The maximum Gasteiger partial charge on any atom is 0.338 e. The van der Waals surface area contributed by atoms with Crippen molar-refractivity contribution in [2.45, 2.75) is 13.8 Å². The van der Waals surface area contributed by atoms with E-state index in [9.17, 15) is 9.59 Å². The molecule has 0 aliphatic carbocycles. The Kier molecular flexibility index (Phi) is 3.68. The molecule has 1 rings (SSSR count). The third-order valence-corrected chi connectivity index (χ3v) is 2.62. The summed E-state index contributed by atoms with van der Waals surface area (Å²) in [4.78, 5) is 22.8. The summed E-state index contributed by atoms with van der Waals surface area (Å²) < 4.78 is 0. The van der Waals surface area contributed by atoms with Gasteiger partial charge in [0.25, 0.3) is 0 Å². The Hall–Kier alpha value is -1.56. The number of hydrogen-bond acceptors (Lipinski definition) is 3. The minimum atomic E-state index is -1.04. The number of carboxylic acid groups (broad SMARTS) is 1. The van der Waals surface area contributed by atoms with Gasteiger partial charge in [0.2, 0.25) is 0 Å². The van der Waals surface area contributed by atoms with Gasteiger partial charge in [-0.15, -0.1) is 11.3 Å². The number of anilines is 1. The van der Waals surface area contributed by atoms with Crippen LogP contribution in [0.3, 0.4) is 0 Å². The number of carbonyl (C=O) groups is 2. The zero-order valence-electron chi connectivity index (χ0n) is 8.46. The van der Waals surface area contributed by atoms with Gasteiger partial charge in [-0.25, -0.2) is 9.59 Å². The van der Waals surface area contributed by atoms with E-state index in [0.29, 0.717) is 11.5 Å². The molecule has 2 amide bonds. The van der Waals surface area contributed by atoms with Crippen LogP contribution >= 0.6 is 11.3 Å². The van der Waals surface area contributed by atoms with E-state index in [-0.39, 0.29) is 11.6 Å². The average molecular weight is 228 g/mol. The first-order chi connectivity index (χ1) is 7.04. The Balaban J connectivity index is 2.84. The van der Waals surface area contributed by atoms with E-state index in [4.69, 9.17) is 5.11 Å². The van der Waals surface area contributed by atoms with Gasteiger partial charge in [0.05, 0.1) is 5.56 Å². The number of urea groups is 1. The third-order valence-electron chi connectivity index (χ3n) is 1.65. The van der Waals surface area contributed by atoms with Crippen LogP contribution in [0.5, 0.6) is 0 Å². The van der Waals surface area contributed by atoms with Crippen molar-refractivity contribution >= 4 is 28.3 Å². The topological polar surface area (TPSA) is 78.4 Å². The summed E-state index contributed by atoms with van der Waals surface area (Å²) in [5, 5.41) is 14.3. The van der Waals surface area contributed by atoms with Gasteiger partial charge < -0.3 is 10.4 Å². The fraction of sp³-hybridized carbons (Fsp3) is 0.333. The minimum absolute atomic E-state index is 0.128. The van der Waals surface area contributed by atoms with Gasteiger partial charge in [0, 0.05) is 11.4 Å². The van der Waals surface area contributed by atoms with Crippen molar-refractivity contribution in [3.8, 4) is 0 Å². The molecule has 0 atom stereocenters. The van der Waals surface area contributed by atoms with E-state index >= 15 is 0 Å². The van der Waals surface area contributed by atoms with Crippen molar-refractivity contribution in [3.63, 3.8) is 0 Å². The molecule has 82 valence electrons. The fourth-order valence-electron chi connectivity index (χ4n) is 1.07. The summed E-state index contributed by atoms with van der Waals surface area (Å²) in [5.41, 5.74) is 0.128. The number of hydrogen-bond donors (Lipinski definition) is 3. The van der Waals surface area contributed by atoms with Gasteiger partial charge in [0.15, 0.2) is 0 Å². The first kappa shape index (κ1) is 11.5. The van der Waals surface area contributed by atoms with Gasteiger partial charge in [-0.1, -0.05) is 0 Å². The van der Waals surface area contributed by atoms with Crippen molar-refractivity contribution in [1.82, 2.24) is 5.32 Å². The second kappa shape index (κ2) is 4.79. The molecule has 0 spiro atoms. The highest BCUT2D eigenvalue weighted by Gasteiger charge is 2.15. The molecule has 15 heavy (non-hydrogen) atoms. The lowest BCUT2D eigenvalue weighted by atomic mass is 10.3. The molecule has 0 aliphatic heterocycles. The summed E-state index contributed by atoms with van der Waals surface area (Å²) >= 11 is 1.24. The third kappa shape index (κ3) is 2.95. The van der Waals surface area contributed by atoms with Crippen molar-refractivity contribution in [3.05, 3.63) is 16.5 Å². The summed E-state index contributed by atoms with van der Waals surface area (Å²) in [5.74, 6) is -1.04. The SMILES string of the molecule is CCNC(=O)Nc1sc(C)cc1C(=O)O. The van der Waals surface area contributed by atoms with Gasteiger partial charge in [-0.05, 0) is 19.9 Å². The molecule has 0 aliphatic rings. The lowest BCUT2D eigenvalue weighted by Crippen LogP contribution is -2.28. The Morgan fingerprint density at radius 2 is 2.20 bits per heavy atom. The van der Waals surface area contributed by atoms with Crippen molar-refractivity contribution in [2.24, 2.45) is 0 Å². The molecule has 0 saturated heterocycles. The van der Waals surface area contributed by atoms with Crippen LogP contribution in [0.1, 0.15) is 22.2 Å². The van der Waals surface area contributed by atoms with Gasteiger partial charge >= 0.3 is 12.0 Å². The van der Waals surface area contributed by atoms with E-state index in [1.165, 1.54) is 17.4 Å². The lowest BCUT2D eigenvalue weighted by molar-refractivity contribution is 0.0698. The Morgan fingerprint density at radius 1 is 1.53 bits per heavy atom. The maximum absolute atomic E-state index is 11.2. The van der Waals surface area contributed by atoms with Crippen LogP contribution in [0.15, 0.2) is 6.07 Å². The highest BCUT2D eigenvalue weighted by molar-refractivity contribution is 7.16. The lowest BCUT2D eigenvalue weighted by Gasteiger charge is -2.03. The molecule has 1 heterocycles. The monoisotopic (exact) mass is 228 g/mol. The van der Waals surface area contributed by atoms with E-state index in [1.807, 2.05) is 0 Å². The molecular weight excluding hydrogens is 216 g/mol. The average Bonchev–Trinajstić information content (AvgIpc) is 2.47. The standard InChI is InChI=1S/C9H12N2O3S/c1-3-10-9(14)11-7-6(8(12)13)4-5(2)15-7/h4H,3H2,1-2H3,(H,12,13)(H2,10,11,14). The van der Waals surface area contributed by atoms with Crippen LogP contribution < -0.4 is 10.6 Å². The fourth-order valence-corrected chi connectivity index (χ4v) is 1.97. The van der Waals surface area contributed by atoms with E-state index in [1.54, 1.807) is 13.8 Å². The molecule has 3 N–H and O–H groups in total. The molecule has 6 heteroatoms. The summed E-state index contributed by atoms with van der Waals surface area (Å²) in [6, 6.07) is 1.15. The maximum atomic E-state index is 11.2. The van der Waals surface area contributed by atoms with Crippen LogP contribution in [-0.4, -0.2) is 23.7 Å². The number of carbonyl (C=O) groups excluding carboxylic acids is 1. The Labute approximate surface area is 91.1 Å². The smallest absolute Gasteiger partial charge is 0.338 e. The Bertz CT molecular complexity index is 387. The van der Waals surface area contributed by atoms with Crippen molar-refractivity contribution in [2.75, 3.05) is 11.9 Å². The molecule has 1 aromatic rings. The van der Waals surface area contributed by atoms with Crippen LogP contribution in [0, 0.1) is 6.92 Å². The molecule has 5 nitrogen and oxygen atoms in total. The van der Waals surface area contributed by atoms with Gasteiger partial charge in [0.1, 0.15) is 5.00 Å². The molecule has 0 unspecified atom stereocenters. The van der Waals surface area contributed by atoms with Crippen LogP contribution in [0.2, 0.25) is 0 Å². The van der Waals surface area contributed by atoms with Crippen molar-refractivity contribution in [1.29, 1.82) is 0 Å². The first-order valence-electron chi connectivity index (χ1n) is 4.43. The summed E-state index contributed by atoms with van der Waals surface area (Å²) in [7, 11) is 0. The van der Waals surface area contributed by atoms with E-state index < -0.39 is 5.97 Å². The number of aryl methyl sites for hydroxylation is 1. The first-order valence-corrected chi connectivity index (χ1v) is 5.24. The quantitative estimate of drug-likeness (QED) is 0.739. The van der Waals surface area contributed by atoms with Gasteiger partial charge in [-0.3, -0.25) is 5.32 Å². The zero-order chi connectivity index (χ0) is 11.4. The molecule has 0 bridgehead atoms. The van der Waals surface area contributed by atoms with Crippen LogP contribution in [-0.2, 0) is 0 Å². The summed E-state index contributed by atoms with van der Waals surface area (Å²) in [6.45, 7) is 4.08. The molecule has 1 aromatic heterocycles. The van der Waals surface area contributed by atoms with Crippen LogP contribution in [0.25, 0.3) is 0 Å². The largest absolute Gasteiger partial charge is 0.478 e. The van der Waals surface area contributed by atoms with E-state index in [0.717, 1.165) is 4.88 Å². The second-order valence-corrected chi connectivity index (χ2v) is 4.15. The highest BCUT2D eigenvalue weighted by Crippen LogP contribution is 2.27. The number of rotatable bonds is 3. The normalized spacial score (nSPS) is 9.73. The van der Waals surface area contributed by atoms with Crippen molar-refractivity contribution < 1.29 is 14.7 Å². The van der Waals surface area contributed by atoms with Gasteiger partial charge in [-0.2, -0.15) is 0 Å². The van der Waals surface area contributed by atoms with Crippen LogP contribution in [0.4, 0.5) is 9.80 Å². The predicted molar refractivity (Wildman–Crippen MR) is 58.7 cm³/mol. The highest BCUT2D eigenvalue weighted by atomic mass is 32.1. The molecular formula is C9H12N2O3S. The number of thiophene rings is 1. The second-order valence-electron chi connectivity index (χ2n) is 2.89. The number of nitrogens with one attached hydrogen (secondary N) is 2. The Morgan fingerprint density at radius 3 is 2.73 bits per heavy atom. The number of amides is 2. The number of carboxylic acids is 1. The number of aromatic carboxylic acids is 1. The van der Waals surface area contributed by atoms with E-state index in [2.05, 4.69) is 10.6 Å². The predicted octanol–water partition coefficient (Wildman–Crippen LogP) is 1.90. The summed E-state index contributed by atoms with van der Waals surface area (Å²) in [6.07, 6.45) is 0. The zero-order valence-corrected chi connectivity index (χ0v) is 9.27.